The summed E-state index contributed by atoms with van der Waals surface area (Å²) in [7, 11) is 1.49. The summed E-state index contributed by atoms with van der Waals surface area (Å²) in [4.78, 5) is 11.8. The van der Waals surface area contributed by atoms with Gasteiger partial charge in [-0.15, -0.1) is 0 Å². The molecule has 0 saturated carbocycles. The molecule has 0 spiro atoms. The lowest BCUT2D eigenvalue weighted by Gasteiger charge is -2.14. The highest BCUT2D eigenvalue weighted by molar-refractivity contribution is 5.94. The van der Waals surface area contributed by atoms with E-state index >= 15 is 0 Å². The van der Waals surface area contributed by atoms with Gasteiger partial charge in [-0.2, -0.15) is 13.2 Å². The largest absolute Gasteiger partial charge is 0.416 e. The van der Waals surface area contributed by atoms with Crippen LogP contribution in [0, 0.1) is 5.82 Å². The van der Waals surface area contributed by atoms with Gasteiger partial charge in [0.15, 0.2) is 0 Å². The van der Waals surface area contributed by atoms with Crippen LogP contribution in [-0.2, 0) is 10.9 Å². The molecule has 0 fully saturated rings. The van der Waals surface area contributed by atoms with Gasteiger partial charge in [-0.1, -0.05) is 0 Å². The molecular formula is C13H15F4NO2. The quantitative estimate of drug-likeness (QED) is 0.848. The van der Waals surface area contributed by atoms with E-state index in [-0.39, 0.29) is 6.04 Å². The van der Waals surface area contributed by atoms with Gasteiger partial charge in [-0.05, 0) is 31.5 Å². The number of ether oxygens (including phenoxy) is 1. The number of alkyl halides is 3. The number of rotatable bonds is 5. The molecule has 20 heavy (non-hydrogen) atoms. The second-order valence-electron chi connectivity index (χ2n) is 4.35. The minimum atomic E-state index is -4.62. The maximum Gasteiger partial charge on any atom is 0.416 e. The number of benzene rings is 1. The monoisotopic (exact) mass is 293 g/mol. The number of amides is 1. The number of methoxy groups -OCH3 is 1. The molecule has 0 heterocycles. The molecule has 0 aromatic heterocycles. The molecule has 1 N–H and O–H groups in total. The van der Waals surface area contributed by atoms with E-state index in [4.69, 9.17) is 4.74 Å². The Bertz CT molecular complexity index is 474. The molecule has 0 radical (unpaired) electrons. The van der Waals surface area contributed by atoms with E-state index in [1.54, 1.807) is 6.92 Å². The van der Waals surface area contributed by atoms with Gasteiger partial charge in [-0.25, -0.2) is 4.39 Å². The number of hydrogen-bond acceptors (Lipinski definition) is 2. The smallest absolute Gasteiger partial charge is 0.385 e. The molecule has 3 nitrogen and oxygen atoms in total. The molecule has 112 valence electrons. The molecule has 1 aromatic carbocycles. The summed E-state index contributed by atoms with van der Waals surface area (Å²) in [5, 5.41) is 2.42. The number of hydrogen-bond donors (Lipinski definition) is 1. The van der Waals surface area contributed by atoms with Crippen LogP contribution in [0.5, 0.6) is 0 Å². The van der Waals surface area contributed by atoms with Gasteiger partial charge in [0.1, 0.15) is 5.82 Å². The van der Waals surface area contributed by atoms with Crippen molar-refractivity contribution in [3.05, 3.63) is 35.1 Å². The van der Waals surface area contributed by atoms with E-state index in [1.807, 2.05) is 0 Å². The molecule has 0 aliphatic carbocycles. The SMILES string of the molecule is COCCC(C)NC(=O)c1cc(C(F)(F)F)ccc1F. The molecule has 0 aliphatic heterocycles. The minimum absolute atomic E-state index is 0.337. The van der Waals surface area contributed by atoms with Crippen LogP contribution in [0.2, 0.25) is 0 Å². The fraction of sp³-hybridized carbons (Fsp3) is 0.462. The van der Waals surface area contributed by atoms with Crippen molar-refractivity contribution < 1.29 is 27.1 Å². The lowest BCUT2D eigenvalue weighted by molar-refractivity contribution is -0.137. The predicted molar refractivity (Wildman–Crippen MR) is 64.8 cm³/mol. The second-order valence-corrected chi connectivity index (χ2v) is 4.35. The van der Waals surface area contributed by atoms with Gasteiger partial charge in [0, 0.05) is 19.8 Å². The third kappa shape index (κ3) is 4.48. The first kappa shape index (κ1) is 16.4. The zero-order valence-electron chi connectivity index (χ0n) is 11.1. The normalized spacial score (nSPS) is 13.1. The summed E-state index contributed by atoms with van der Waals surface area (Å²) in [6, 6.07) is 1.41. The van der Waals surface area contributed by atoms with Crippen molar-refractivity contribution in [1.82, 2.24) is 5.32 Å². The Balaban J connectivity index is 2.87. The molecular weight excluding hydrogens is 278 g/mol. The molecule has 1 rings (SSSR count). The fourth-order valence-corrected chi connectivity index (χ4v) is 1.54. The summed E-state index contributed by atoms with van der Waals surface area (Å²) in [6.45, 7) is 2.04. The summed E-state index contributed by atoms with van der Waals surface area (Å²) in [6.07, 6.45) is -4.15. The predicted octanol–water partition coefficient (Wildman–Crippen LogP) is 3.00. The van der Waals surface area contributed by atoms with Gasteiger partial charge in [0.2, 0.25) is 0 Å². The van der Waals surface area contributed by atoms with Gasteiger partial charge in [0.05, 0.1) is 11.1 Å². The van der Waals surface area contributed by atoms with Crippen molar-refractivity contribution >= 4 is 5.91 Å². The van der Waals surface area contributed by atoms with Crippen LogP contribution >= 0.6 is 0 Å². The van der Waals surface area contributed by atoms with Crippen molar-refractivity contribution in [1.29, 1.82) is 0 Å². The Labute approximate surface area is 113 Å². The Morgan fingerprint density at radius 2 is 2.05 bits per heavy atom. The first-order chi connectivity index (χ1) is 9.25. The van der Waals surface area contributed by atoms with Crippen LogP contribution < -0.4 is 5.32 Å². The maximum atomic E-state index is 13.5. The van der Waals surface area contributed by atoms with Gasteiger partial charge in [-0.3, -0.25) is 4.79 Å². The second kappa shape index (κ2) is 6.69. The van der Waals surface area contributed by atoms with Crippen LogP contribution in [0.4, 0.5) is 17.6 Å². The molecule has 0 saturated heterocycles. The Morgan fingerprint density at radius 1 is 1.40 bits per heavy atom. The third-order valence-corrected chi connectivity index (χ3v) is 2.67. The lowest BCUT2D eigenvalue weighted by atomic mass is 10.1. The van der Waals surface area contributed by atoms with Gasteiger partial charge >= 0.3 is 6.18 Å². The molecule has 7 heteroatoms. The van der Waals surface area contributed by atoms with Crippen LogP contribution in [0.25, 0.3) is 0 Å². The Kier molecular flexibility index (Phi) is 5.50. The first-order valence-electron chi connectivity index (χ1n) is 5.92. The minimum Gasteiger partial charge on any atom is -0.385 e. The first-order valence-corrected chi connectivity index (χ1v) is 5.92. The number of halogens is 4. The highest BCUT2D eigenvalue weighted by Gasteiger charge is 2.32. The maximum absolute atomic E-state index is 13.5. The zero-order valence-corrected chi connectivity index (χ0v) is 11.1. The van der Waals surface area contributed by atoms with E-state index < -0.39 is 29.0 Å². The van der Waals surface area contributed by atoms with Crippen LogP contribution in [0.3, 0.4) is 0 Å². The molecule has 1 aromatic rings. The standard InChI is InChI=1S/C13H15F4NO2/c1-8(5-6-20-2)18-12(19)10-7-9(13(15,16)17)3-4-11(10)14/h3-4,7-8H,5-6H2,1-2H3,(H,18,19). The van der Waals surface area contributed by atoms with Crippen molar-refractivity contribution in [2.75, 3.05) is 13.7 Å². The average molecular weight is 293 g/mol. The molecule has 0 aliphatic rings. The van der Waals surface area contributed by atoms with E-state index in [0.717, 1.165) is 0 Å². The highest BCUT2D eigenvalue weighted by Crippen LogP contribution is 2.30. The lowest BCUT2D eigenvalue weighted by Crippen LogP contribution is -2.34. The summed E-state index contributed by atoms with van der Waals surface area (Å²) in [5.74, 6) is -1.87. The third-order valence-electron chi connectivity index (χ3n) is 2.67. The Hall–Kier alpha value is -1.63. The van der Waals surface area contributed by atoms with Crippen LogP contribution in [-0.4, -0.2) is 25.7 Å². The summed E-state index contributed by atoms with van der Waals surface area (Å²) < 4.78 is 55.8. The van der Waals surface area contributed by atoms with E-state index in [1.165, 1.54) is 7.11 Å². The van der Waals surface area contributed by atoms with Crippen molar-refractivity contribution in [3.63, 3.8) is 0 Å². The average Bonchev–Trinajstić information content (AvgIpc) is 2.35. The van der Waals surface area contributed by atoms with Crippen molar-refractivity contribution in [3.8, 4) is 0 Å². The van der Waals surface area contributed by atoms with Gasteiger partial charge in [0.25, 0.3) is 5.91 Å². The number of carbonyl (C=O) groups excluding carboxylic acids is 1. The number of carbonyl (C=O) groups is 1. The van der Waals surface area contributed by atoms with E-state index in [9.17, 15) is 22.4 Å². The van der Waals surface area contributed by atoms with E-state index in [0.29, 0.717) is 31.2 Å². The highest BCUT2D eigenvalue weighted by atomic mass is 19.4. The fourth-order valence-electron chi connectivity index (χ4n) is 1.54. The number of nitrogens with one attached hydrogen (secondary N) is 1. The Morgan fingerprint density at radius 3 is 2.60 bits per heavy atom. The van der Waals surface area contributed by atoms with Crippen LogP contribution in [0.15, 0.2) is 18.2 Å². The molecule has 1 unspecified atom stereocenters. The molecule has 1 amide bonds. The van der Waals surface area contributed by atoms with Crippen molar-refractivity contribution in [2.24, 2.45) is 0 Å². The zero-order chi connectivity index (χ0) is 15.3. The summed E-state index contributed by atoms with van der Waals surface area (Å²) in [5.41, 5.74) is -1.68. The topological polar surface area (TPSA) is 38.3 Å². The summed E-state index contributed by atoms with van der Waals surface area (Å²) >= 11 is 0. The van der Waals surface area contributed by atoms with Crippen LogP contribution in [0.1, 0.15) is 29.3 Å². The van der Waals surface area contributed by atoms with Gasteiger partial charge < -0.3 is 10.1 Å². The van der Waals surface area contributed by atoms with E-state index in [2.05, 4.69) is 5.32 Å². The van der Waals surface area contributed by atoms with Crippen molar-refractivity contribution in [2.45, 2.75) is 25.6 Å². The molecule has 1 atom stereocenters. The molecule has 0 bridgehead atoms.